The normalized spacial score (nSPS) is 16.5. The number of fused-ring (bicyclic) bond motifs is 2. The molecule has 0 bridgehead atoms. The first-order valence-electron chi connectivity index (χ1n) is 11.9. The number of amides is 1. The summed E-state index contributed by atoms with van der Waals surface area (Å²) in [5.41, 5.74) is 4.92. The molecule has 5 rings (SSSR count). The first kappa shape index (κ1) is 22.9. The van der Waals surface area contributed by atoms with Gasteiger partial charge in [-0.25, -0.2) is 9.18 Å². The Balaban J connectivity index is 1.44. The van der Waals surface area contributed by atoms with Crippen molar-refractivity contribution in [1.29, 1.82) is 0 Å². The minimum absolute atomic E-state index is 0.0256. The number of carbonyl (C=O) groups is 2. The number of benzene rings is 3. The smallest absolute Gasteiger partial charge is 0.341 e. The third-order valence-electron chi connectivity index (χ3n) is 6.80. The number of halogens is 1. The fourth-order valence-corrected chi connectivity index (χ4v) is 5.19. The summed E-state index contributed by atoms with van der Waals surface area (Å²) in [5, 5.41) is 9.10. The van der Waals surface area contributed by atoms with Crippen LogP contribution in [0.2, 0.25) is 0 Å². The van der Waals surface area contributed by atoms with Gasteiger partial charge in [-0.15, -0.1) is 0 Å². The molecule has 1 amide bonds. The molecule has 180 valence electrons. The molecule has 35 heavy (non-hydrogen) atoms. The van der Waals surface area contributed by atoms with Crippen molar-refractivity contribution in [2.24, 2.45) is 0 Å². The number of aliphatic carboxylic acids is 1. The van der Waals surface area contributed by atoms with Crippen LogP contribution in [0, 0.1) is 5.82 Å². The fourth-order valence-electron chi connectivity index (χ4n) is 5.19. The van der Waals surface area contributed by atoms with Gasteiger partial charge in [0.1, 0.15) is 11.6 Å². The summed E-state index contributed by atoms with van der Waals surface area (Å²) in [6.45, 7) is 1.43. The van der Waals surface area contributed by atoms with Crippen LogP contribution >= 0.6 is 0 Å². The molecule has 2 heterocycles. The molecule has 2 aliphatic heterocycles. The van der Waals surface area contributed by atoms with Crippen LogP contribution in [0.5, 0.6) is 5.75 Å². The molecule has 1 N–H and O–H groups in total. The molecule has 0 aromatic heterocycles. The van der Waals surface area contributed by atoms with Gasteiger partial charge in [-0.1, -0.05) is 42.5 Å². The van der Waals surface area contributed by atoms with Gasteiger partial charge in [0.05, 0.1) is 6.04 Å². The Morgan fingerprint density at radius 2 is 1.69 bits per heavy atom. The van der Waals surface area contributed by atoms with Crippen molar-refractivity contribution >= 4 is 17.6 Å². The number of ether oxygens (including phenoxy) is 1. The number of para-hydroxylation sites is 1. The van der Waals surface area contributed by atoms with E-state index in [-0.39, 0.29) is 11.7 Å². The Hall–Kier alpha value is -3.87. The summed E-state index contributed by atoms with van der Waals surface area (Å²) in [7, 11) is 0. The SMILES string of the molecule is O=C(O)COc1ccc(F)cc1C1c2ccccc2CCN1C(=O)CCN1CCc2ccccc21. The van der Waals surface area contributed by atoms with Gasteiger partial charge < -0.3 is 19.6 Å². The minimum Gasteiger partial charge on any atom is -0.482 e. The van der Waals surface area contributed by atoms with Crippen LogP contribution in [0.3, 0.4) is 0 Å². The van der Waals surface area contributed by atoms with Gasteiger partial charge in [0.15, 0.2) is 6.61 Å². The summed E-state index contributed by atoms with van der Waals surface area (Å²) in [6.07, 6.45) is 2.00. The summed E-state index contributed by atoms with van der Waals surface area (Å²) in [5.74, 6) is -1.35. The fraction of sp³-hybridized carbons (Fsp3) is 0.286. The van der Waals surface area contributed by atoms with Crippen molar-refractivity contribution in [3.63, 3.8) is 0 Å². The summed E-state index contributed by atoms with van der Waals surface area (Å²) >= 11 is 0. The molecule has 0 fully saturated rings. The predicted molar refractivity (Wildman–Crippen MR) is 130 cm³/mol. The highest BCUT2D eigenvalue weighted by Crippen LogP contribution is 2.40. The monoisotopic (exact) mass is 474 g/mol. The van der Waals surface area contributed by atoms with Crippen LogP contribution in [0.4, 0.5) is 10.1 Å². The van der Waals surface area contributed by atoms with Crippen molar-refractivity contribution in [3.8, 4) is 5.75 Å². The van der Waals surface area contributed by atoms with Gasteiger partial charge in [-0.05, 0) is 53.8 Å². The van der Waals surface area contributed by atoms with Crippen molar-refractivity contribution in [2.45, 2.75) is 25.3 Å². The van der Waals surface area contributed by atoms with E-state index in [9.17, 15) is 14.0 Å². The van der Waals surface area contributed by atoms with Crippen LogP contribution in [0.15, 0.2) is 66.7 Å². The Labute approximate surface area is 203 Å². The molecule has 0 saturated carbocycles. The molecule has 0 spiro atoms. The second-order valence-electron chi connectivity index (χ2n) is 8.92. The number of hydrogen-bond donors (Lipinski definition) is 1. The number of rotatable bonds is 7. The first-order chi connectivity index (χ1) is 17.0. The second-order valence-corrected chi connectivity index (χ2v) is 8.92. The Bertz CT molecular complexity index is 1260. The maximum atomic E-state index is 14.4. The van der Waals surface area contributed by atoms with E-state index < -0.39 is 24.4 Å². The van der Waals surface area contributed by atoms with E-state index in [0.29, 0.717) is 31.5 Å². The number of carbonyl (C=O) groups excluding carboxylic acids is 1. The highest BCUT2D eigenvalue weighted by Gasteiger charge is 2.34. The van der Waals surface area contributed by atoms with Gasteiger partial charge in [0, 0.05) is 37.3 Å². The third-order valence-corrected chi connectivity index (χ3v) is 6.80. The van der Waals surface area contributed by atoms with Crippen LogP contribution in [-0.4, -0.2) is 48.1 Å². The van der Waals surface area contributed by atoms with Gasteiger partial charge in [0.2, 0.25) is 5.91 Å². The average Bonchev–Trinajstić information content (AvgIpc) is 3.29. The maximum Gasteiger partial charge on any atom is 0.341 e. The first-order valence-corrected chi connectivity index (χ1v) is 11.9. The maximum absolute atomic E-state index is 14.4. The average molecular weight is 475 g/mol. The van der Waals surface area contributed by atoms with E-state index in [1.165, 1.54) is 29.4 Å². The highest BCUT2D eigenvalue weighted by molar-refractivity contribution is 5.79. The van der Waals surface area contributed by atoms with E-state index in [0.717, 1.165) is 24.1 Å². The molecule has 0 aliphatic carbocycles. The predicted octanol–water partition coefficient (Wildman–Crippen LogP) is 4.22. The zero-order valence-corrected chi connectivity index (χ0v) is 19.3. The molecule has 3 aromatic rings. The molecule has 7 heteroatoms. The number of carboxylic acids is 1. The lowest BCUT2D eigenvalue weighted by molar-refractivity contribution is -0.139. The molecule has 6 nitrogen and oxygen atoms in total. The van der Waals surface area contributed by atoms with Crippen molar-refractivity contribution in [1.82, 2.24) is 4.90 Å². The van der Waals surface area contributed by atoms with E-state index >= 15 is 0 Å². The van der Waals surface area contributed by atoms with E-state index in [4.69, 9.17) is 9.84 Å². The second kappa shape index (κ2) is 9.78. The topological polar surface area (TPSA) is 70.1 Å². The lowest BCUT2D eigenvalue weighted by Crippen LogP contribution is -2.42. The number of nitrogens with zero attached hydrogens (tertiary/aromatic N) is 2. The molecule has 1 unspecified atom stereocenters. The Morgan fingerprint density at radius 3 is 2.51 bits per heavy atom. The Kier molecular flexibility index (Phi) is 6.40. The number of carboxylic acid groups (broad SMARTS) is 1. The molecule has 0 radical (unpaired) electrons. The Morgan fingerprint density at radius 1 is 0.943 bits per heavy atom. The lowest BCUT2D eigenvalue weighted by Gasteiger charge is -2.38. The van der Waals surface area contributed by atoms with Crippen molar-refractivity contribution < 1.29 is 23.8 Å². The number of anilines is 1. The zero-order chi connectivity index (χ0) is 24.4. The molecular weight excluding hydrogens is 447 g/mol. The molecule has 1 atom stereocenters. The van der Waals surface area contributed by atoms with Gasteiger partial charge in [0.25, 0.3) is 0 Å². The summed E-state index contributed by atoms with van der Waals surface area (Å²) in [4.78, 5) is 28.7. The molecule has 0 saturated heterocycles. The molecule has 3 aromatic carbocycles. The van der Waals surface area contributed by atoms with Gasteiger partial charge >= 0.3 is 5.97 Å². The van der Waals surface area contributed by atoms with E-state index in [1.54, 1.807) is 4.90 Å². The van der Waals surface area contributed by atoms with Gasteiger partial charge in [-0.3, -0.25) is 4.79 Å². The van der Waals surface area contributed by atoms with Crippen molar-refractivity contribution in [2.75, 3.05) is 31.1 Å². The largest absolute Gasteiger partial charge is 0.482 e. The van der Waals surface area contributed by atoms with Crippen LogP contribution in [0.1, 0.15) is 34.7 Å². The summed E-state index contributed by atoms with van der Waals surface area (Å²) in [6, 6.07) is 19.5. The van der Waals surface area contributed by atoms with Crippen molar-refractivity contribution in [3.05, 3.63) is 94.8 Å². The zero-order valence-electron chi connectivity index (χ0n) is 19.3. The van der Waals surface area contributed by atoms with Crippen LogP contribution in [-0.2, 0) is 22.4 Å². The van der Waals surface area contributed by atoms with E-state index in [1.807, 2.05) is 36.4 Å². The lowest BCUT2D eigenvalue weighted by atomic mass is 9.87. The quantitative estimate of drug-likeness (QED) is 0.556. The highest BCUT2D eigenvalue weighted by atomic mass is 19.1. The summed E-state index contributed by atoms with van der Waals surface area (Å²) < 4.78 is 19.9. The van der Waals surface area contributed by atoms with E-state index in [2.05, 4.69) is 17.0 Å². The third kappa shape index (κ3) is 4.71. The standard InChI is InChI=1S/C28H27FN2O4/c29-21-9-10-25(35-18-27(33)34)23(17-21)28-22-7-3-1-5-19(22)12-16-31(28)26(32)13-15-30-14-11-20-6-2-4-8-24(20)30/h1-10,17,28H,11-16,18H2,(H,33,34). The van der Waals surface area contributed by atoms with Crippen LogP contribution < -0.4 is 9.64 Å². The minimum atomic E-state index is -1.12. The molecule has 2 aliphatic rings. The number of hydrogen-bond acceptors (Lipinski definition) is 4. The molecular formula is C28H27FN2O4. The van der Waals surface area contributed by atoms with Crippen LogP contribution in [0.25, 0.3) is 0 Å². The van der Waals surface area contributed by atoms with Gasteiger partial charge in [-0.2, -0.15) is 0 Å².